The quantitative estimate of drug-likeness (QED) is 0.555. The fourth-order valence-electron chi connectivity index (χ4n) is 2.79. The van der Waals surface area contributed by atoms with Crippen LogP contribution in [0.25, 0.3) is 22.6 Å². The first-order valence-electron chi connectivity index (χ1n) is 8.63. The van der Waals surface area contributed by atoms with E-state index in [9.17, 15) is 4.79 Å². The number of anilines is 1. The average Bonchev–Trinajstić information content (AvgIpc) is 3.10. The number of fused-ring (bicyclic) bond motifs is 1. The van der Waals surface area contributed by atoms with E-state index in [0.717, 1.165) is 16.6 Å². The van der Waals surface area contributed by atoms with Gasteiger partial charge in [0.15, 0.2) is 12.2 Å². The Labute approximate surface area is 156 Å². The van der Waals surface area contributed by atoms with Crippen molar-refractivity contribution in [2.75, 3.05) is 11.9 Å². The van der Waals surface area contributed by atoms with E-state index < -0.39 is 0 Å². The molecular weight excluding hydrogens is 340 g/mol. The second kappa shape index (κ2) is 7.33. The van der Waals surface area contributed by atoms with Crippen LogP contribution in [0.4, 0.5) is 5.69 Å². The number of aryl methyl sites for hydroxylation is 1. The van der Waals surface area contributed by atoms with Crippen molar-refractivity contribution in [3.8, 4) is 17.2 Å². The molecule has 1 amide bonds. The maximum atomic E-state index is 12.1. The number of para-hydroxylation sites is 1. The molecule has 0 saturated carbocycles. The number of carbonyl (C=O) groups is 1. The van der Waals surface area contributed by atoms with Gasteiger partial charge >= 0.3 is 0 Å². The minimum absolute atomic E-state index is 0.0626. The van der Waals surface area contributed by atoms with Crippen molar-refractivity contribution in [2.24, 2.45) is 0 Å². The second-order valence-electron chi connectivity index (χ2n) is 6.17. The van der Waals surface area contributed by atoms with Crippen LogP contribution >= 0.6 is 0 Å². The molecule has 5 heteroatoms. The van der Waals surface area contributed by atoms with Crippen LogP contribution in [-0.4, -0.2) is 17.5 Å². The van der Waals surface area contributed by atoms with Crippen molar-refractivity contribution in [1.82, 2.24) is 4.98 Å². The summed E-state index contributed by atoms with van der Waals surface area (Å²) in [4.78, 5) is 16.6. The molecule has 1 aromatic heterocycles. The monoisotopic (exact) mass is 358 g/mol. The van der Waals surface area contributed by atoms with Crippen molar-refractivity contribution in [3.63, 3.8) is 0 Å². The maximum absolute atomic E-state index is 12.1. The van der Waals surface area contributed by atoms with E-state index in [-0.39, 0.29) is 12.5 Å². The molecule has 4 aromatic rings. The van der Waals surface area contributed by atoms with Gasteiger partial charge in [-0.25, -0.2) is 4.98 Å². The smallest absolute Gasteiger partial charge is 0.262 e. The lowest BCUT2D eigenvalue weighted by Gasteiger charge is -2.07. The predicted molar refractivity (Wildman–Crippen MR) is 105 cm³/mol. The molecule has 0 fully saturated rings. The summed E-state index contributed by atoms with van der Waals surface area (Å²) in [5, 5.41) is 2.81. The Morgan fingerprint density at radius 1 is 1.04 bits per heavy atom. The van der Waals surface area contributed by atoms with Crippen LogP contribution in [0.5, 0.6) is 5.75 Å². The highest BCUT2D eigenvalue weighted by Crippen LogP contribution is 2.28. The van der Waals surface area contributed by atoms with E-state index >= 15 is 0 Å². The van der Waals surface area contributed by atoms with Crippen LogP contribution in [0.3, 0.4) is 0 Å². The molecule has 134 valence electrons. The number of benzene rings is 3. The summed E-state index contributed by atoms with van der Waals surface area (Å²) in [7, 11) is 0. The Morgan fingerprint density at radius 2 is 1.81 bits per heavy atom. The molecular formula is C22H18N2O3. The first-order valence-corrected chi connectivity index (χ1v) is 8.63. The minimum Gasteiger partial charge on any atom is -0.484 e. The lowest BCUT2D eigenvalue weighted by molar-refractivity contribution is -0.118. The van der Waals surface area contributed by atoms with E-state index in [1.807, 2.05) is 55.5 Å². The molecule has 1 N–H and O–H groups in total. The number of hydrogen-bond acceptors (Lipinski definition) is 4. The molecule has 1 heterocycles. The Hall–Kier alpha value is -3.60. The van der Waals surface area contributed by atoms with Crippen LogP contribution in [0.2, 0.25) is 0 Å². The highest BCUT2D eigenvalue weighted by atomic mass is 16.5. The summed E-state index contributed by atoms with van der Waals surface area (Å²) in [6.45, 7) is 1.95. The van der Waals surface area contributed by atoms with Gasteiger partial charge in [-0.3, -0.25) is 4.79 Å². The van der Waals surface area contributed by atoms with Crippen LogP contribution in [-0.2, 0) is 4.79 Å². The van der Waals surface area contributed by atoms with Gasteiger partial charge in [-0.2, -0.15) is 0 Å². The molecule has 0 aliphatic carbocycles. The molecule has 0 radical (unpaired) electrons. The third-order valence-electron chi connectivity index (χ3n) is 4.16. The van der Waals surface area contributed by atoms with Crippen molar-refractivity contribution < 1.29 is 13.9 Å². The molecule has 4 rings (SSSR count). The fraction of sp³-hybridized carbons (Fsp3) is 0.0909. The van der Waals surface area contributed by atoms with Crippen LogP contribution < -0.4 is 10.1 Å². The van der Waals surface area contributed by atoms with E-state index in [0.29, 0.717) is 22.9 Å². The molecule has 3 aromatic carbocycles. The van der Waals surface area contributed by atoms with Gasteiger partial charge in [-0.15, -0.1) is 0 Å². The first kappa shape index (κ1) is 16.8. The highest BCUT2D eigenvalue weighted by Gasteiger charge is 2.11. The molecule has 0 atom stereocenters. The molecule has 27 heavy (non-hydrogen) atoms. The van der Waals surface area contributed by atoms with Gasteiger partial charge in [0.1, 0.15) is 11.3 Å². The average molecular weight is 358 g/mol. The third kappa shape index (κ3) is 3.82. The van der Waals surface area contributed by atoms with Crippen LogP contribution in [0, 0.1) is 6.92 Å². The lowest BCUT2D eigenvalue weighted by atomic mass is 10.1. The highest BCUT2D eigenvalue weighted by molar-refractivity contribution is 5.94. The Bertz CT molecular complexity index is 1090. The summed E-state index contributed by atoms with van der Waals surface area (Å²) in [6, 6.07) is 22.5. The standard InChI is InChI=1S/C22H18N2O3/c1-15-7-5-6-10-18(15)22-24-19-12-11-16(13-20(19)27-22)23-21(25)14-26-17-8-3-2-4-9-17/h2-13H,14H2,1H3,(H,23,25). The number of ether oxygens (including phenoxy) is 1. The van der Waals surface area contributed by atoms with E-state index in [1.54, 1.807) is 24.3 Å². The second-order valence-corrected chi connectivity index (χ2v) is 6.17. The molecule has 0 aliphatic heterocycles. The summed E-state index contributed by atoms with van der Waals surface area (Å²) < 4.78 is 11.3. The third-order valence-corrected chi connectivity index (χ3v) is 4.16. The van der Waals surface area contributed by atoms with Crippen molar-refractivity contribution in [2.45, 2.75) is 6.92 Å². The minimum atomic E-state index is -0.239. The zero-order valence-corrected chi connectivity index (χ0v) is 14.8. The molecule has 0 spiro atoms. The Morgan fingerprint density at radius 3 is 2.63 bits per heavy atom. The molecule has 0 unspecified atom stereocenters. The molecule has 0 aliphatic rings. The number of amides is 1. The summed E-state index contributed by atoms with van der Waals surface area (Å²) in [5.74, 6) is 0.983. The van der Waals surface area contributed by atoms with Gasteiger partial charge in [0.25, 0.3) is 5.91 Å². The number of oxazole rings is 1. The Balaban J connectivity index is 1.48. The van der Waals surface area contributed by atoms with Gasteiger partial charge in [0.05, 0.1) is 0 Å². The summed E-state index contributed by atoms with van der Waals surface area (Å²) in [6.07, 6.45) is 0. The topological polar surface area (TPSA) is 64.4 Å². The zero-order valence-electron chi connectivity index (χ0n) is 14.8. The maximum Gasteiger partial charge on any atom is 0.262 e. The number of aromatic nitrogens is 1. The van der Waals surface area contributed by atoms with Crippen LogP contribution in [0.15, 0.2) is 77.2 Å². The first-order chi connectivity index (χ1) is 13.2. The number of hydrogen-bond donors (Lipinski definition) is 1. The van der Waals surface area contributed by atoms with E-state index in [2.05, 4.69) is 10.3 Å². The lowest BCUT2D eigenvalue weighted by Crippen LogP contribution is -2.20. The van der Waals surface area contributed by atoms with Crippen molar-refractivity contribution in [1.29, 1.82) is 0 Å². The number of nitrogens with zero attached hydrogens (tertiary/aromatic N) is 1. The predicted octanol–water partition coefficient (Wildman–Crippen LogP) is 4.82. The van der Waals surface area contributed by atoms with Crippen molar-refractivity contribution in [3.05, 3.63) is 78.4 Å². The summed E-state index contributed by atoms with van der Waals surface area (Å²) in [5.41, 5.74) is 4.05. The summed E-state index contributed by atoms with van der Waals surface area (Å²) >= 11 is 0. The zero-order chi connectivity index (χ0) is 18.6. The van der Waals surface area contributed by atoms with Gasteiger partial charge in [0.2, 0.25) is 5.89 Å². The van der Waals surface area contributed by atoms with Gasteiger partial charge in [0, 0.05) is 17.3 Å². The Kier molecular flexibility index (Phi) is 4.58. The molecule has 0 saturated heterocycles. The van der Waals surface area contributed by atoms with Crippen molar-refractivity contribution >= 4 is 22.7 Å². The largest absolute Gasteiger partial charge is 0.484 e. The van der Waals surface area contributed by atoms with E-state index in [1.165, 1.54) is 0 Å². The number of carbonyl (C=O) groups excluding carboxylic acids is 1. The molecule has 0 bridgehead atoms. The number of rotatable bonds is 5. The normalized spacial score (nSPS) is 10.7. The van der Waals surface area contributed by atoms with Gasteiger partial charge < -0.3 is 14.5 Å². The van der Waals surface area contributed by atoms with Crippen LogP contribution in [0.1, 0.15) is 5.56 Å². The fourth-order valence-corrected chi connectivity index (χ4v) is 2.79. The SMILES string of the molecule is Cc1ccccc1-c1nc2ccc(NC(=O)COc3ccccc3)cc2o1. The number of nitrogens with one attached hydrogen (secondary N) is 1. The molecule has 5 nitrogen and oxygen atoms in total. The van der Waals surface area contributed by atoms with Gasteiger partial charge in [-0.1, -0.05) is 36.4 Å². The van der Waals surface area contributed by atoms with Gasteiger partial charge in [-0.05, 0) is 42.8 Å². The van der Waals surface area contributed by atoms with E-state index in [4.69, 9.17) is 9.15 Å².